The Balaban J connectivity index is 2.00. The average molecular weight is 358 g/mol. The van der Waals surface area contributed by atoms with Gasteiger partial charge in [-0.1, -0.05) is 6.07 Å². The van der Waals surface area contributed by atoms with Gasteiger partial charge in [-0.2, -0.15) is 0 Å². The van der Waals surface area contributed by atoms with Crippen molar-refractivity contribution in [1.29, 1.82) is 0 Å². The molecule has 1 heterocycles. The van der Waals surface area contributed by atoms with Crippen LogP contribution in [0.5, 0.6) is 23.0 Å². The summed E-state index contributed by atoms with van der Waals surface area (Å²) in [6.07, 6.45) is 1.83. The van der Waals surface area contributed by atoms with E-state index >= 15 is 0 Å². The van der Waals surface area contributed by atoms with Crippen LogP contribution in [0, 0.1) is 0 Å². The highest BCUT2D eigenvalue weighted by atomic mass is 16.5. The Morgan fingerprint density at radius 3 is 2.31 bits per heavy atom. The molecule has 0 amide bonds. The van der Waals surface area contributed by atoms with Crippen LogP contribution in [0.3, 0.4) is 0 Å². The zero-order valence-electron chi connectivity index (χ0n) is 16.2. The fourth-order valence-electron chi connectivity index (χ4n) is 3.85. The second-order valence-electron chi connectivity index (χ2n) is 7.38. The van der Waals surface area contributed by atoms with E-state index in [0.717, 1.165) is 35.4 Å². The van der Waals surface area contributed by atoms with Crippen molar-refractivity contribution in [3.8, 4) is 23.0 Å². The van der Waals surface area contributed by atoms with Crippen molar-refractivity contribution < 1.29 is 23.8 Å². The first-order valence-electron chi connectivity index (χ1n) is 8.83. The number of quaternary nitrogens is 1. The van der Waals surface area contributed by atoms with E-state index in [9.17, 15) is 5.11 Å². The molecule has 2 aromatic carbocycles. The molecule has 2 aromatic rings. The van der Waals surface area contributed by atoms with Gasteiger partial charge in [-0.25, -0.2) is 0 Å². The Labute approximate surface area is 155 Å². The van der Waals surface area contributed by atoms with Crippen LogP contribution in [0.15, 0.2) is 30.3 Å². The van der Waals surface area contributed by atoms with E-state index in [4.69, 9.17) is 14.2 Å². The monoisotopic (exact) mass is 358 g/mol. The molecule has 0 bridgehead atoms. The van der Waals surface area contributed by atoms with Gasteiger partial charge in [0.1, 0.15) is 6.04 Å². The number of ether oxygens (including phenoxy) is 3. The summed E-state index contributed by atoms with van der Waals surface area (Å²) in [5.41, 5.74) is 3.62. The molecule has 0 fully saturated rings. The van der Waals surface area contributed by atoms with Gasteiger partial charge in [0.15, 0.2) is 23.0 Å². The lowest BCUT2D eigenvalue weighted by Gasteiger charge is -2.43. The number of rotatable bonds is 5. The molecule has 1 aliphatic heterocycles. The van der Waals surface area contributed by atoms with E-state index in [1.807, 2.05) is 24.3 Å². The molecule has 3 rings (SSSR count). The number of methoxy groups -OCH3 is 3. The van der Waals surface area contributed by atoms with E-state index in [1.54, 1.807) is 21.3 Å². The van der Waals surface area contributed by atoms with E-state index in [-0.39, 0.29) is 11.8 Å². The lowest BCUT2D eigenvalue weighted by Crippen LogP contribution is -2.48. The molecule has 0 saturated heterocycles. The maximum atomic E-state index is 10.3. The number of likely N-dealkylation sites (N-methyl/N-ethyl adjacent to an activating group) is 1. The summed E-state index contributed by atoms with van der Waals surface area (Å²) < 4.78 is 16.9. The van der Waals surface area contributed by atoms with Crippen LogP contribution in [-0.4, -0.2) is 51.6 Å². The predicted molar refractivity (Wildman–Crippen MR) is 101 cm³/mol. The Hall–Kier alpha value is -2.40. The van der Waals surface area contributed by atoms with Gasteiger partial charge < -0.3 is 23.8 Å². The first-order chi connectivity index (χ1) is 12.4. The molecule has 140 valence electrons. The lowest BCUT2D eigenvalue weighted by atomic mass is 9.87. The number of hydrogen-bond acceptors (Lipinski definition) is 4. The Morgan fingerprint density at radius 2 is 1.65 bits per heavy atom. The highest BCUT2D eigenvalue weighted by Gasteiger charge is 2.36. The van der Waals surface area contributed by atoms with Crippen molar-refractivity contribution in [2.24, 2.45) is 0 Å². The van der Waals surface area contributed by atoms with E-state index < -0.39 is 0 Å². The van der Waals surface area contributed by atoms with Crippen molar-refractivity contribution in [3.63, 3.8) is 0 Å². The SMILES string of the molecule is COc1cc2c(cc1O)[C@H](Cc1ccc(OC)c(OC)c1)[N+](C)(C)CC2. The molecule has 1 N–H and O–H groups in total. The zero-order valence-corrected chi connectivity index (χ0v) is 16.2. The van der Waals surface area contributed by atoms with Gasteiger partial charge in [-0.15, -0.1) is 0 Å². The number of hydrogen-bond donors (Lipinski definition) is 1. The molecule has 0 saturated carbocycles. The number of phenolic OH excluding ortho intramolecular Hbond substituents is 1. The summed E-state index contributed by atoms with van der Waals surface area (Å²) in [5.74, 6) is 2.21. The van der Waals surface area contributed by atoms with Crippen LogP contribution in [0.2, 0.25) is 0 Å². The smallest absolute Gasteiger partial charge is 0.160 e. The minimum atomic E-state index is 0.200. The summed E-state index contributed by atoms with van der Waals surface area (Å²) in [6, 6.07) is 10.2. The molecule has 5 heteroatoms. The first kappa shape index (κ1) is 18.4. The standard InChI is InChI=1S/C21H27NO4/c1-22(2)9-8-15-12-20(25-4)18(23)13-16(15)17(22)10-14-6-7-19(24-3)21(11-14)26-5/h6-7,11-13,17H,8-10H2,1-5H3/p+1/t17-/m0/s1. The lowest BCUT2D eigenvalue weighted by molar-refractivity contribution is -0.923. The van der Waals surface area contributed by atoms with Crippen molar-refractivity contribution in [2.45, 2.75) is 18.9 Å². The first-order valence-corrected chi connectivity index (χ1v) is 8.83. The third kappa shape index (κ3) is 3.31. The third-order valence-corrected chi connectivity index (χ3v) is 5.48. The molecular formula is C21H28NO4+. The van der Waals surface area contributed by atoms with Crippen LogP contribution in [-0.2, 0) is 12.8 Å². The summed E-state index contributed by atoms with van der Waals surface area (Å²) in [4.78, 5) is 0. The fourth-order valence-corrected chi connectivity index (χ4v) is 3.85. The Kier molecular flexibility index (Phi) is 5.01. The van der Waals surface area contributed by atoms with Crippen LogP contribution in [0.4, 0.5) is 0 Å². The van der Waals surface area contributed by atoms with Gasteiger partial charge in [-0.05, 0) is 35.4 Å². The number of aromatic hydroxyl groups is 1. The minimum absolute atomic E-state index is 0.200. The van der Waals surface area contributed by atoms with Crippen LogP contribution in [0.1, 0.15) is 22.7 Å². The second kappa shape index (κ2) is 7.08. The topological polar surface area (TPSA) is 47.9 Å². The maximum Gasteiger partial charge on any atom is 0.160 e. The molecule has 0 aromatic heterocycles. The van der Waals surface area contributed by atoms with E-state index in [2.05, 4.69) is 20.2 Å². The van der Waals surface area contributed by atoms with Crippen molar-refractivity contribution >= 4 is 0 Å². The molecular weight excluding hydrogens is 330 g/mol. The Morgan fingerprint density at radius 1 is 0.962 bits per heavy atom. The van der Waals surface area contributed by atoms with Crippen molar-refractivity contribution in [3.05, 3.63) is 47.0 Å². The van der Waals surface area contributed by atoms with Crippen molar-refractivity contribution in [2.75, 3.05) is 42.0 Å². The molecule has 0 aliphatic carbocycles. The largest absolute Gasteiger partial charge is 0.504 e. The summed E-state index contributed by atoms with van der Waals surface area (Å²) in [6.45, 7) is 1.04. The molecule has 0 unspecified atom stereocenters. The highest BCUT2D eigenvalue weighted by Crippen LogP contribution is 2.41. The van der Waals surface area contributed by atoms with Gasteiger partial charge in [0.2, 0.25) is 0 Å². The number of nitrogens with zero attached hydrogens (tertiary/aromatic N) is 1. The predicted octanol–water partition coefficient (Wildman–Crippen LogP) is 3.33. The van der Waals surface area contributed by atoms with E-state index in [1.165, 1.54) is 16.7 Å². The van der Waals surface area contributed by atoms with Gasteiger partial charge >= 0.3 is 0 Å². The molecule has 26 heavy (non-hydrogen) atoms. The molecule has 1 aliphatic rings. The van der Waals surface area contributed by atoms with Gasteiger partial charge in [-0.3, -0.25) is 0 Å². The van der Waals surface area contributed by atoms with Gasteiger partial charge in [0.05, 0.1) is 42.0 Å². The Bertz CT molecular complexity index is 801. The fraction of sp³-hybridized carbons (Fsp3) is 0.429. The van der Waals surface area contributed by atoms with E-state index in [0.29, 0.717) is 5.75 Å². The van der Waals surface area contributed by atoms with Crippen LogP contribution in [0.25, 0.3) is 0 Å². The number of fused-ring (bicyclic) bond motifs is 1. The average Bonchev–Trinajstić information content (AvgIpc) is 2.63. The second-order valence-corrected chi connectivity index (χ2v) is 7.38. The number of benzene rings is 2. The zero-order chi connectivity index (χ0) is 18.9. The van der Waals surface area contributed by atoms with Crippen molar-refractivity contribution in [1.82, 2.24) is 0 Å². The molecule has 0 spiro atoms. The summed E-state index contributed by atoms with van der Waals surface area (Å²) in [7, 11) is 9.38. The summed E-state index contributed by atoms with van der Waals surface area (Å²) in [5, 5.41) is 10.3. The molecule has 5 nitrogen and oxygen atoms in total. The number of phenols is 1. The highest BCUT2D eigenvalue weighted by molar-refractivity contribution is 5.49. The molecule has 1 atom stereocenters. The quantitative estimate of drug-likeness (QED) is 0.833. The normalized spacial score (nSPS) is 18.1. The minimum Gasteiger partial charge on any atom is -0.504 e. The maximum absolute atomic E-state index is 10.3. The molecule has 0 radical (unpaired) electrons. The summed E-state index contributed by atoms with van der Waals surface area (Å²) >= 11 is 0. The van der Waals surface area contributed by atoms with Gasteiger partial charge in [0.25, 0.3) is 0 Å². The van der Waals surface area contributed by atoms with Crippen LogP contribution >= 0.6 is 0 Å². The van der Waals surface area contributed by atoms with Crippen LogP contribution < -0.4 is 14.2 Å². The van der Waals surface area contributed by atoms with Gasteiger partial charge in [0, 0.05) is 18.4 Å². The third-order valence-electron chi connectivity index (χ3n) is 5.48.